The number of rotatable bonds is 5. The molecule has 0 radical (unpaired) electrons. The molecule has 0 bridgehead atoms. The summed E-state index contributed by atoms with van der Waals surface area (Å²) in [6, 6.07) is 7.51. The van der Waals surface area contributed by atoms with Gasteiger partial charge in [0.25, 0.3) is 0 Å². The summed E-state index contributed by atoms with van der Waals surface area (Å²) in [5.74, 6) is 0.787. The molecule has 1 atom stereocenters. The van der Waals surface area contributed by atoms with Crippen LogP contribution in [0.3, 0.4) is 0 Å². The van der Waals surface area contributed by atoms with Crippen LogP contribution in [0.4, 0.5) is 5.69 Å². The molecule has 1 rings (SSSR count). The van der Waals surface area contributed by atoms with Crippen molar-refractivity contribution in [2.45, 2.75) is 38.6 Å². The van der Waals surface area contributed by atoms with Gasteiger partial charge in [-0.3, -0.25) is 4.79 Å². The molecule has 1 aromatic carbocycles. The normalized spacial score (nSPS) is 13.1. The van der Waals surface area contributed by atoms with Gasteiger partial charge < -0.3 is 11.1 Å². The SMILES string of the molecule is CSCC[C@@H](N)C(=O)Nc1ccc(C(C)(C)C)cc1. The number of hydrogen-bond donors (Lipinski definition) is 2. The molecular formula is C15H24N2OS. The van der Waals surface area contributed by atoms with Crippen molar-refractivity contribution in [2.24, 2.45) is 5.73 Å². The molecule has 106 valence electrons. The fourth-order valence-corrected chi connectivity index (χ4v) is 2.15. The van der Waals surface area contributed by atoms with Crippen molar-refractivity contribution in [3.63, 3.8) is 0 Å². The highest BCUT2D eigenvalue weighted by Gasteiger charge is 2.15. The van der Waals surface area contributed by atoms with Crippen molar-refractivity contribution in [3.8, 4) is 0 Å². The number of nitrogens with one attached hydrogen (secondary N) is 1. The van der Waals surface area contributed by atoms with Gasteiger partial charge in [-0.2, -0.15) is 11.8 Å². The van der Waals surface area contributed by atoms with Crippen LogP contribution in [0, 0.1) is 0 Å². The van der Waals surface area contributed by atoms with E-state index in [4.69, 9.17) is 5.73 Å². The maximum Gasteiger partial charge on any atom is 0.241 e. The average Bonchev–Trinajstić information content (AvgIpc) is 2.35. The molecule has 0 spiro atoms. The van der Waals surface area contributed by atoms with Crippen LogP contribution in [0.15, 0.2) is 24.3 Å². The highest BCUT2D eigenvalue weighted by atomic mass is 32.2. The van der Waals surface area contributed by atoms with E-state index in [-0.39, 0.29) is 11.3 Å². The monoisotopic (exact) mass is 280 g/mol. The van der Waals surface area contributed by atoms with Gasteiger partial charge in [-0.25, -0.2) is 0 Å². The quantitative estimate of drug-likeness (QED) is 0.871. The Balaban J connectivity index is 2.60. The Kier molecular flexibility index (Phi) is 5.88. The van der Waals surface area contributed by atoms with Gasteiger partial charge in [0.15, 0.2) is 0 Å². The molecule has 3 N–H and O–H groups in total. The lowest BCUT2D eigenvalue weighted by atomic mass is 9.87. The van der Waals surface area contributed by atoms with Crippen LogP contribution < -0.4 is 11.1 Å². The molecule has 0 saturated heterocycles. The zero-order valence-corrected chi connectivity index (χ0v) is 13.0. The lowest BCUT2D eigenvalue weighted by Crippen LogP contribution is -2.36. The molecule has 3 nitrogen and oxygen atoms in total. The topological polar surface area (TPSA) is 55.1 Å². The first-order valence-corrected chi connectivity index (χ1v) is 7.90. The molecule has 1 amide bonds. The van der Waals surface area contributed by atoms with Gasteiger partial charge in [0, 0.05) is 5.69 Å². The van der Waals surface area contributed by atoms with E-state index < -0.39 is 6.04 Å². The first kappa shape index (κ1) is 16.1. The van der Waals surface area contributed by atoms with Crippen LogP contribution in [0.1, 0.15) is 32.8 Å². The predicted molar refractivity (Wildman–Crippen MR) is 84.7 cm³/mol. The minimum atomic E-state index is -0.435. The summed E-state index contributed by atoms with van der Waals surface area (Å²) in [5, 5.41) is 2.86. The van der Waals surface area contributed by atoms with Crippen LogP contribution in [-0.2, 0) is 10.2 Å². The summed E-state index contributed by atoms with van der Waals surface area (Å²) < 4.78 is 0. The van der Waals surface area contributed by atoms with E-state index in [1.807, 2.05) is 30.5 Å². The molecule has 0 heterocycles. The highest BCUT2D eigenvalue weighted by molar-refractivity contribution is 7.98. The van der Waals surface area contributed by atoms with E-state index in [0.29, 0.717) is 6.42 Å². The summed E-state index contributed by atoms with van der Waals surface area (Å²) in [7, 11) is 0. The smallest absolute Gasteiger partial charge is 0.241 e. The van der Waals surface area contributed by atoms with Crippen molar-refractivity contribution < 1.29 is 4.79 Å². The predicted octanol–water partition coefficient (Wildman–Crippen LogP) is 3.00. The minimum absolute atomic E-state index is 0.113. The van der Waals surface area contributed by atoms with Gasteiger partial charge in [-0.15, -0.1) is 0 Å². The maximum absolute atomic E-state index is 11.9. The second-order valence-electron chi connectivity index (χ2n) is 5.70. The standard InChI is InChI=1S/C15H24N2OS/c1-15(2,3)11-5-7-12(8-6-11)17-14(18)13(16)9-10-19-4/h5-8,13H,9-10,16H2,1-4H3,(H,17,18)/t13-/m1/s1. The zero-order valence-electron chi connectivity index (χ0n) is 12.2. The first-order chi connectivity index (χ1) is 8.84. The summed E-state index contributed by atoms with van der Waals surface area (Å²) in [6.07, 6.45) is 2.71. The van der Waals surface area contributed by atoms with Crippen LogP contribution >= 0.6 is 11.8 Å². The van der Waals surface area contributed by atoms with Crippen molar-refractivity contribution in [2.75, 3.05) is 17.3 Å². The third-order valence-corrected chi connectivity index (χ3v) is 3.63. The van der Waals surface area contributed by atoms with Crippen molar-refractivity contribution in [1.29, 1.82) is 0 Å². The van der Waals surface area contributed by atoms with Gasteiger partial charge in [-0.1, -0.05) is 32.9 Å². The van der Waals surface area contributed by atoms with Crippen LogP contribution in [0.5, 0.6) is 0 Å². The molecule has 0 unspecified atom stereocenters. The van der Waals surface area contributed by atoms with Crippen LogP contribution in [-0.4, -0.2) is 24.0 Å². The third-order valence-electron chi connectivity index (χ3n) is 2.99. The summed E-state index contributed by atoms with van der Waals surface area (Å²) in [5.41, 5.74) is 8.00. The van der Waals surface area contributed by atoms with Gasteiger partial charge in [0.2, 0.25) is 5.91 Å². The molecule has 1 aromatic rings. The van der Waals surface area contributed by atoms with Crippen molar-refractivity contribution in [1.82, 2.24) is 0 Å². The van der Waals surface area contributed by atoms with Gasteiger partial charge in [-0.05, 0) is 41.5 Å². The first-order valence-electron chi connectivity index (χ1n) is 6.50. The maximum atomic E-state index is 11.9. The van der Waals surface area contributed by atoms with Gasteiger partial charge >= 0.3 is 0 Å². The number of anilines is 1. The Labute approximate surface area is 120 Å². The molecule has 0 aliphatic carbocycles. The average molecular weight is 280 g/mol. The molecule has 0 aromatic heterocycles. The fraction of sp³-hybridized carbons (Fsp3) is 0.533. The number of hydrogen-bond acceptors (Lipinski definition) is 3. The van der Waals surface area contributed by atoms with Crippen molar-refractivity contribution >= 4 is 23.4 Å². The van der Waals surface area contributed by atoms with Gasteiger partial charge in [0.1, 0.15) is 0 Å². The minimum Gasteiger partial charge on any atom is -0.325 e. The fourth-order valence-electron chi connectivity index (χ4n) is 1.66. The van der Waals surface area contributed by atoms with Crippen molar-refractivity contribution in [3.05, 3.63) is 29.8 Å². The number of carbonyl (C=O) groups excluding carboxylic acids is 1. The Bertz CT molecular complexity index is 409. The number of benzene rings is 1. The van der Waals surface area contributed by atoms with E-state index in [1.54, 1.807) is 11.8 Å². The van der Waals surface area contributed by atoms with Crippen LogP contribution in [0.25, 0.3) is 0 Å². The number of amides is 1. The summed E-state index contributed by atoms with van der Waals surface area (Å²) in [6.45, 7) is 6.50. The summed E-state index contributed by atoms with van der Waals surface area (Å²) >= 11 is 1.70. The molecule has 0 aliphatic rings. The van der Waals surface area contributed by atoms with E-state index in [9.17, 15) is 4.79 Å². The highest BCUT2D eigenvalue weighted by Crippen LogP contribution is 2.23. The lowest BCUT2D eigenvalue weighted by Gasteiger charge is -2.19. The van der Waals surface area contributed by atoms with Gasteiger partial charge in [0.05, 0.1) is 6.04 Å². The van der Waals surface area contributed by atoms with E-state index >= 15 is 0 Å². The Morgan fingerprint density at radius 3 is 2.37 bits per heavy atom. The molecule has 0 saturated carbocycles. The Morgan fingerprint density at radius 2 is 1.89 bits per heavy atom. The lowest BCUT2D eigenvalue weighted by molar-refractivity contribution is -0.117. The second kappa shape index (κ2) is 6.96. The molecule has 0 aliphatic heterocycles. The van der Waals surface area contributed by atoms with E-state index in [2.05, 4.69) is 26.1 Å². The molecule has 4 heteroatoms. The Hall–Kier alpha value is -1.00. The zero-order chi connectivity index (χ0) is 14.5. The Morgan fingerprint density at radius 1 is 1.32 bits per heavy atom. The van der Waals surface area contributed by atoms with Crippen LogP contribution in [0.2, 0.25) is 0 Å². The molecule has 19 heavy (non-hydrogen) atoms. The second-order valence-corrected chi connectivity index (χ2v) is 6.69. The number of thioether (sulfide) groups is 1. The third kappa shape index (κ3) is 5.25. The molecular weight excluding hydrogens is 256 g/mol. The van der Waals surface area contributed by atoms with E-state index in [1.165, 1.54) is 5.56 Å². The number of nitrogens with two attached hydrogens (primary N) is 1. The largest absolute Gasteiger partial charge is 0.325 e. The summed E-state index contributed by atoms with van der Waals surface area (Å²) in [4.78, 5) is 11.9. The number of carbonyl (C=O) groups is 1. The van der Waals surface area contributed by atoms with E-state index in [0.717, 1.165) is 11.4 Å². The molecule has 0 fully saturated rings.